The van der Waals surface area contributed by atoms with Gasteiger partial charge in [-0.1, -0.05) is 12.1 Å². The monoisotopic (exact) mass is 335 g/mol. The molecule has 3 aromatic rings. The summed E-state index contributed by atoms with van der Waals surface area (Å²) in [5.74, 6) is 0.718. The zero-order valence-corrected chi connectivity index (χ0v) is 13.4. The van der Waals surface area contributed by atoms with Gasteiger partial charge in [-0.2, -0.15) is 5.26 Å². The van der Waals surface area contributed by atoms with Gasteiger partial charge in [0.2, 0.25) is 5.91 Å². The molecule has 0 bridgehead atoms. The van der Waals surface area contributed by atoms with Crippen molar-refractivity contribution in [3.63, 3.8) is 0 Å². The van der Waals surface area contributed by atoms with E-state index in [0.717, 1.165) is 16.5 Å². The van der Waals surface area contributed by atoms with Crippen molar-refractivity contribution >= 4 is 28.3 Å². The van der Waals surface area contributed by atoms with Crippen LogP contribution in [0.15, 0.2) is 42.5 Å². The standard InChI is InChI=1S/C18H17N5O2/c19-8-15-14-7-13(4-5-16(14)23-18(15)21)25-10-11-2-1-3-12(6-11)22-17(24)9-20/h1-7,23H,9-10,20-21H2,(H,22,24). The van der Waals surface area contributed by atoms with Crippen LogP contribution in [0.3, 0.4) is 0 Å². The highest BCUT2D eigenvalue weighted by molar-refractivity contribution is 5.92. The fraction of sp³-hybridized carbons (Fsp3) is 0.111. The molecule has 1 heterocycles. The lowest BCUT2D eigenvalue weighted by atomic mass is 10.1. The van der Waals surface area contributed by atoms with E-state index in [1.54, 1.807) is 18.2 Å². The molecule has 7 heteroatoms. The number of nitrogens with zero attached hydrogens (tertiary/aromatic N) is 1. The summed E-state index contributed by atoms with van der Waals surface area (Å²) in [4.78, 5) is 14.3. The van der Waals surface area contributed by atoms with Crippen LogP contribution in [0.2, 0.25) is 0 Å². The molecule has 0 unspecified atom stereocenters. The van der Waals surface area contributed by atoms with Gasteiger partial charge in [0.25, 0.3) is 0 Å². The first-order valence-electron chi connectivity index (χ1n) is 7.63. The topological polar surface area (TPSA) is 130 Å². The van der Waals surface area contributed by atoms with Gasteiger partial charge in [0.05, 0.1) is 6.54 Å². The van der Waals surface area contributed by atoms with Gasteiger partial charge in [-0.15, -0.1) is 0 Å². The van der Waals surface area contributed by atoms with Crippen LogP contribution in [0, 0.1) is 11.3 Å². The summed E-state index contributed by atoms with van der Waals surface area (Å²) in [5.41, 5.74) is 13.8. The highest BCUT2D eigenvalue weighted by Crippen LogP contribution is 2.27. The Labute approximate surface area is 144 Å². The molecule has 1 amide bonds. The molecule has 25 heavy (non-hydrogen) atoms. The minimum absolute atomic E-state index is 0.0677. The molecule has 0 spiro atoms. The lowest BCUT2D eigenvalue weighted by Crippen LogP contribution is -2.21. The minimum atomic E-state index is -0.252. The predicted octanol–water partition coefficient (Wildman–Crippen LogP) is 2.10. The molecule has 0 saturated heterocycles. The van der Waals surface area contributed by atoms with Crippen LogP contribution in [0.5, 0.6) is 5.75 Å². The van der Waals surface area contributed by atoms with Gasteiger partial charge in [-0.3, -0.25) is 4.79 Å². The van der Waals surface area contributed by atoms with Crippen molar-refractivity contribution in [2.75, 3.05) is 17.6 Å². The molecular weight excluding hydrogens is 318 g/mol. The SMILES string of the molecule is N#Cc1c(N)[nH]c2ccc(OCc3cccc(NC(=O)CN)c3)cc12. The van der Waals surface area contributed by atoms with E-state index in [0.29, 0.717) is 29.4 Å². The Morgan fingerprint density at radius 2 is 2.12 bits per heavy atom. The third-order valence-electron chi connectivity index (χ3n) is 3.71. The third kappa shape index (κ3) is 3.54. The number of ether oxygens (including phenoxy) is 1. The maximum Gasteiger partial charge on any atom is 0.238 e. The van der Waals surface area contributed by atoms with Gasteiger partial charge in [0.1, 0.15) is 29.8 Å². The Balaban J connectivity index is 1.75. The summed E-state index contributed by atoms with van der Waals surface area (Å²) in [6, 6.07) is 14.8. The summed E-state index contributed by atoms with van der Waals surface area (Å²) < 4.78 is 5.79. The van der Waals surface area contributed by atoms with Gasteiger partial charge in [-0.25, -0.2) is 0 Å². The Bertz CT molecular complexity index is 971. The van der Waals surface area contributed by atoms with Crippen molar-refractivity contribution in [2.24, 2.45) is 5.73 Å². The van der Waals surface area contributed by atoms with Crippen molar-refractivity contribution in [2.45, 2.75) is 6.61 Å². The van der Waals surface area contributed by atoms with Crippen molar-refractivity contribution < 1.29 is 9.53 Å². The summed E-state index contributed by atoms with van der Waals surface area (Å²) in [5, 5.41) is 12.6. The van der Waals surface area contributed by atoms with E-state index in [1.165, 1.54) is 0 Å². The number of nitrogens with one attached hydrogen (secondary N) is 2. The number of H-pyrrole nitrogens is 1. The molecule has 0 saturated carbocycles. The van der Waals surface area contributed by atoms with E-state index >= 15 is 0 Å². The number of rotatable bonds is 5. The van der Waals surface area contributed by atoms with Gasteiger partial charge in [0, 0.05) is 16.6 Å². The second-order valence-corrected chi connectivity index (χ2v) is 5.47. The minimum Gasteiger partial charge on any atom is -0.489 e. The highest BCUT2D eigenvalue weighted by Gasteiger charge is 2.09. The molecule has 3 rings (SSSR count). The molecule has 0 fully saturated rings. The van der Waals surface area contributed by atoms with Crippen LogP contribution in [-0.2, 0) is 11.4 Å². The Morgan fingerprint density at radius 3 is 2.88 bits per heavy atom. The van der Waals surface area contributed by atoms with E-state index in [9.17, 15) is 10.1 Å². The first-order valence-corrected chi connectivity index (χ1v) is 7.63. The number of hydrogen-bond donors (Lipinski definition) is 4. The smallest absolute Gasteiger partial charge is 0.238 e. The van der Waals surface area contributed by atoms with E-state index in [1.807, 2.05) is 24.3 Å². The average molecular weight is 335 g/mol. The normalized spacial score (nSPS) is 10.4. The van der Waals surface area contributed by atoms with Crippen molar-refractivity contribution in [3.8, 4) is 11.8 Å². The number of aromatic amines is 1. The fourth-order valence-electron chi connectivity index (χ4n) is 2.52. The van der Waals surface area contributed by atoms with E-state index in [4.69, 9.17) is 16.2 Å². The second kappa shape index (κ2) is 6.95. The average Bonchev–Trinajstić information content (AvgIpc) is 2.94. The molecule has 1 aromatic heterocycles. The second-order valence-electron chi connectivity index (χ2n) is 5.47. The molecule has 2 aromatic carbocycles. The number of carbonyl (C=O) groups excluding carboxylic acids is 1. The molecule has 0 atom stereocenters. The lowest BCUT2D eigenvalue weighted by Gasteiger charge is -2.09. The number of fused-ring (bicyclic) bond motifs is 1. The van der Waals surface area contributed by atoms with Crippen LogP contribution in [0.1, 0.15) is 11.1 Å². The number of carbonyl (C=O) groups is 1. The number of aromatic nitrogens is 1. The van der Waals surface area contributed by atoms with Crippen LogP contribution < -0.4 is 21.5 Å². The van der Waals surface area contributed by atoms with Gasteiger partial charge >= 0.3 is 0 Å². The number of nitrogens with two attached hydrogens (primary N) is 2. The maximum atomic E-state index is 11.4. The summed E-state index contributed by atoms with van der Waals surface area (Å²) in [6.45, 7) is 0.251. The summed E-state index contributed by atoms with van der Waals surface area (Å²) in [7, 11) is 0. The predicted molar refractivity (Wildman–Crippen MR) is 95.9 cm³/mol. The molecule has 0 aliphatic rings. The summed E-state index contributed by atoms with van der Waals surface area (Å²) in [6.07, 6.45) is 0. The van der Waals surface area contributed by atoms with Crippen molar-refractivity contribution in [1.82, 2.24) is 4.98 Å². The number of amides is 1. The van der Waals surface area contributed by atoms with Crippen molar-refractivity contribution in [3.05, 3.63) is 53.6 Å². The largest absolute Gasteiger partial charge is 0.489 e. The van der Waals surface area contributed by atoms with Crippen LogP contribution in [0.25, 0.3) is 10.9 Å². The van der Waals surface area contributed by atoms with Gasteiger partial charge in [-0.05, 0) is 35.9 Å². The third-order valence-corrected chi connectivity index (χ3v) is 3.71. The number of anilines is 2. The number of nitrogen functional groups attached to an aromatic ring is 1. The Hall–Kier alpha value is -3.50. The number of nitriles is 1. The zero-order chi connectivity index (χ0) is 17.8. The summed E-state index contributed by atoms with van der Waals surface area (Å²) >= 11 is 0. The first kappa shape index (κ1) is 16.4. The molecule has 0 aliphatic carbocycles. The molecule has 7 nitrogen and oxygen atoms in total. The zero-order valence-electron chi connectivity index (χ0n) is 13.4. The highest BCUT2D eigenvalue weighted by atomic mass is 16.5. The number of benzene rings is 2. The lowest BCUT2D eigenvalue weighted by molar-refractivity contribution is -0.114. The fourth-order valence-corrected chi connectivity index (χ4v) is 2.52. The quantitative estimate of drug-likeness (QED) is 0.567. The van der Waals surface area contributed by atoms with Gasteiger partial charge < -0.3 is 26.5 Å². The van der Waals surface area contributed by atoms with Crippen LogP contribution in [0.4, 0.5) is 11.5 Å². The molecule has 6 N–H and O–H groups in total. The van der Waals surface area contributed by atoms with Crippen LogP contribution in [-0.4, -0.2) is 17.4 Å². The van der Waals surface area contributed by atoms with E-state index in [-0.39, 0.29) is 12.5 Å². The number of hydrogen-bond acceptors (Lipinski definition) is 5. The molecular formula is C18H17N5O2. The molecule has 0 aliphatic heterocycles. The Kier molecular flexibility index (Phi) is 4.55. The maximum absolute atomic E-state index is 11.4. The Morgan fingerprint density at radius 1 is 1.28 bits per heavy atom. The van der Waals surface area contributed by atoms with Crippen LogP contribution >= 0.6 is 0 Å². The van der Waals surface area contributed by atoms with Gasteiger partial charge in [0.15, 0.2) is 0 Å². The van der Waals surface area contributed by atoms with E-state index in [2.05, 4.69) is 16.4 Å². The molecule has 0 radical (unpaired) electrons. The molecule has 126 valence electrons. The van der Waals surface area contributed by atoms with E-state index < -0.39 is 0 Å². The first-order chi connectivity index (χ1) is 12.1. The van der Waals surface area contributed by atoms with Crippen molar-refractivity contribution in [1.29, 1.82) is 5.26 Å².